The molecule has 0 radical (unpaired) electrons. The van der Waals surface area contributed by atoms with Gasteiger partial charge in [-0.1, -0.05) is 30.3 Å². The molecule has 0 saturated carbocycles. The Morgan fingerprint density at radius 1 is 1.40 bits per heavy atom. The first kappa shape index (κ1) is 13.8. The van der Waals surface area contributed by atoms with Crippen molar-refractivity contribution in [2.45, 2.75) is 13.0 Å². The monoisotopic (exact) mass is 273 g/mol. The number of carbonyl (C=O) groups excluding carboxylic acids is 2. The molecule has 0 saturated heterocycles. The number of methoxy groups -OCH3 is 1. The van der Waals surface area contributed by atoms with Crippen molar-refractivity contribution >= 4 is 18.1 Å². The Bertz CT molecular complexity index is 593. The van der Waals surface area contributed by atoms with Gasteiger partial charge >= 0.3 is 5.97 Å². The molecule has 0 unspecified atom stereocenters. The van der Waals surface area contributed by atoms with Crippen molar-refractivity contribution in [2.24, 2.45) is 0 Å². The van der Waals surface area contributed by atoms with Gasteiger partial charge in [0.05, 0.1) is 12.8 Å². The topological polar surface area (TPSA) is 73.2 Å². The van der Waals surface area contributed by atoms with Crippen molar-refractivity contribution in [1.29, 1.82) is 0 Å². The van der Waals surface area contributed by atoms with Crippen LogP contribution in [0.15, 0.2) is 36.5 Å². The van der Waals surface area contributed by atoms with Gasteiger partial charge in [0.15, 0.2) is 5.69 Å². The lowest BCUT2D eigenvalue weighted by Gasteiger charge is -2.01. The molecule has 0 aliphatic heterocycles. The summed E-state index contributed by atoms with van der Waals surface area (Å²) in [4.78, 5) is 22.1. The number of ether oxygens (including phenoxy) is 1. The van der Waals surface area contributed by atoms with Gasteiger partial charge in [0.2, 0.25) is 6.41 Å². The highest BCUT2D eigenvalue weighted by Gasteiger charge is 2.17. The molecule has 1 amide bonds. The van der Waals surface area contributed by atoms with Crippen molar-refractivity contribution < 1.29 is 14.3 Å². The zero-order chi connectivity index (χ0) is 14.4. The van der Waals surface area contributed by atoms with Crippen LogP contribution < -0.4 is 5.32 Å². The highest BCUT2D eigenvalue weighted by molar-refractivity contribution is 5.95. The van der Waals surface area contributed by atoms with E-state index in [4.69, 9.17) is 0 Å². The van der Waals surface area contributed by atoms with Crippen molar-refractivity contribution in [3.63, 3.8) is 0 Å². The summed E-state index contributed by atoms with van der Waals surface area (Å²) in [6.07, 6.45) is 2.90. The number of hydrogen-bond acceptors (Lipinski definition) is 4. The van der Waals surface area contributed by atoms with E-state index in [1.165, 1.54) is 12.7 Å². The molecule has 0 aliphatic rings. The van der Waals surface area contributed by atoms with E-state index in [0.717, 1.165) is 6.42 Å². The van der Waals surface area contributed by atoms with Crippen molar-refractivity contribution in [2.75, 3.05) is 12.4 Å². The minimum absolute atomic E-state index is 0.104. The van der Waals surface area contributed by atoms with Gasteiger partial charge in [0, 0.05) is 12.7 Å². The number of aryl methyl sites for hydroxylation is 2. The van der Waals surface area contributed by atoms with Gasteiger partial charge in [-0.05, 0) is 12.0 Å². The predicted molar refractivity (Wildman–Crippen MR) is 73.4 cm³/mol. The molecular formula is C14H15N3O3. The average molecular weight is 273 g/mol. The van der Waals surface area contributed by atoms with Crippen LogP contribution in [0.3, 0.4) is 0 Å². The zero-order valence-corrected chi connectivity index (χ0v) is 11.1. The van der Waals surface area contributed by atoms with Crippen LogP contribution in [0.5, 0.6) is 0 Å². The molecule has 1 aromatic carbocycles. The van der Waals surface area contributed by atoms with Crippen LogP contribution in [0.25, 0.3) is 0 Å². The van der Waals surface area contributed by atoms with Crippen molar-refractivity contribution in [1.82, 2.24) is 9.78 Å². The summed E-state index contributed by atoms with van der Waals surface area (Å²) in [7, 11) is 1.27. The highest BCUT2D eigenvalue weighted by Crippen LogP contribution is 2.14. The van der Waals surface area contributed by atoms with Gasteiger partial charge in [0.25, 0.3) is 0 Å². The maximum absolute atomic E-state index is 11.5. The van der Waals surface area contributed by atoms with E-state index in [9.17, 15) is 9.59 Å². The molecule has 20 heavy (non-hydrogen) atoms. The molecule has 2 rings (SSSR count). The molecule has 1 N–H and O–H groups in total. The second-order valence-corrected chi connectivity index (χ2v) is 4.14. The molecule has 0 fully saturated rings. The van der Waals surface area contributed by atoms with Gasteiger partial charge in [0.1, 0.15) is 0 Å². The van der Waals surface area contributed by atoms with Crippen LogP contribution in [0.2, 0.25) is 0 Å². The maximum Gasteiger partial charge on any atom is 0.360 e. The zero-order valence-electron chi connectivity index (χ0n) is 11.1. The molecular weight excluding hydrogens is 258 g/mol. The Hall–Kier alpha value is -2.63. The summed E-state index contributed by atoms with van der Waals surface area (Å²) in [5.74, 6) is -0.576. The van der Waals surface area contributed by atoms with Gasteiger partial charge in [-0.3, -0.25) is 9.48 Å². The fourth-order valence-electron chi connectivity index (χ4n) is 1.84. The Morgan fingerprint density at radius 3 is 2.80 bits per heavy atom. The minimum Gasteiger partial charge on any atom is -0.464 e. The van der Waals surface area contributed by atoms with Gasteiger partial charge in [-0.2, -0.15) is 5.10 Å². The number of nitrogens with one attached hydrogen (secondary N) is 1. The molecule has 6 nitrogen and oxygen atoms in total. The normalized spacial score (nSPS) is 10.1. The molecule has 6 heteroatoms. The number of rotatable bonds is 6. The number of nitrogens with zero attached hydrogens (tertiary/aromatic N) is 2. The van der Waals surface area contributed by atoms with Crippen LogP contribution >= 0.6 is 0 Å². The molecule has 0 spiro atoms. The fraction of sp³-hybridized carbons (Fsp3) is 0.214. The van der Waals surface area contributed by atoms with Crippen molar-refractivity contribution in [3.05, 3.63) is 47.8 Å². The summed E-state index contributed by atoms with van der Waals surface area (Å²) in [6.45, 7) is 0.606. The summed E-state index contributed by atoms with van der Waals surface area (Å²) in [5, 5.41) is 6.58. The van der Waals surface area contributed by atoms with Crippen LogP contribution in [-0.2, 0) is 22.5 Å². The summed E-state index contributed by atoms with van der Waals surface area (Å²) in [6, 6.07) is 9.94. The predicted octanol–water partition coefficient (Wildman–Crippen LogP) is 1.48. The number of aromatic nitrogens is 2. The number of amides is 1. The molecule has 1 heterocycles. The first-order valence-corrected chi connectivity index (χ1v) is 6.14. The molecule has 2 aromatic rings. The number of esters is 1. The Balaban J connectivity index is 2.12. The molecule has 104 valence electrons. The summed E-state index contributed by atoms with van der Waals surface area (Å²) < 4.78 is 6.24. The van der Waals surface area contributed by atoms with E-state index < -0.39 is 5.97 Å². The van der Waals surface area contributed by atoms with E-state index in [2.05, 4.69) is 15.2 Å². The Morgan fingerprint density at radius 2 is 2.15 bits per heavy atom. The van der Waals surface area contributed by atoms with E-state index in [-0.39, 0.29) is 5.69 Å². The summed E-state index contributed by atoms with van der Waals surface area (Å²) in [5.41, 5.74) is 1.63. The second kappa shape index (κ2) is 6.51. The Kier molecular flexibility index (Phi) is 4.49. The van der Waals surface area contributed by atoms with Crippen LogP contribution in [-0.4, -0.2) is 29.3 Å². The highest BCUT2D eigenvalue weighted by atomic mass is 16.5. The van der Waals surface area contributed by atoms with E-state index in [1.807, 2.05) is 30.3 Å². The lowest BCUT2D eigenvalue weighted by molar-refractivity contribution is -0.105. The third-order valence-electron chi connectivity index (χ3n) is 2.83. The van der Waals surface area contributed by atoms with Gasteiger partial charge in [-0.25, -0.2) is 4.79 Å². The first-order valence-electron chi connectivity index (χ1n) is 6.14. The lowest BCUT2D eigenvalue weighted by atomic mass is 10.1. The molecule has 0 aliphatic carbocycles. The Labute approximate surface area is 116 Å². The van der Waals surface area contributed by atoms with Crippen LogP contribution in [0.4, 0.5) is 5.69 Å². The second-order valence-electron chi connectivity index (χ2n) is 4.14. The first-order chi connectivity index (χ1) is 9.74. The van der Waals surface area contributed by atoms with Crippen molar-refractivity contribution in [3.8, 4) is 0 Å². The molecule has 0 atom stereocenters. The largest absolute Gasteiger partial charge is 0.464 e. The standard InChI is InChI=1S/C14H15N3O3/c1-20-14(19)13-12(15-10-18)9-17(16-13)8-7-11-5-3-2-4-6-11/h2-6,9-10H,7-8H2,1H3,(H,15,18). The number of hydrogen-bond donors (Lipinski definition) is 1. The van der Waals surface area contributed by atoms with E-state index in [0.29, 0.717) is 18.6 Å². The number of carbonyl (C=O) groups is 2. The van der Waals surface area contributed by atoms with Gasteiger partial charge < -0.3 is 10.1 Å². The number of anilines is 1. The maximum atomic E-state index is 11.5. The third-order valence-corrected chi connectivity index (χ3v) is 2.83. The lowest BCUT2D eigenvalue weighted by Crippen LogP contribution is -2.08. The molecule has 1 aromatic heterocycles. The van der Waals surface area contributed by atoms with Gasteiger partial charge in [-0.15, -0.1) is 0 Å². The van der Waals surface area contributed by atoms with E-state index >= 15 is 0 Å². The SMILES string of the molecule is COC(=O)c1nn(CCc2ccccc2)cc1NC=O. The minimum atomic E-state index is -0.576. The smallest absolute Gasteiger partial charge is 0.360 e. The van der Waals surface area contributed by atoms with Crippen LogP contribution in [0.1, 0.15) is 16.1 Å². The molecule has 0 bridgehead atoms. The number of benzene rings is 1. The quantitative estimate of drug-likeness (QED) is 0.639. The van der Waals surface area contributed by atoms with E-state index in [1.54, 1.807) is 10.9 Å². The average Bonchev–Trinajstić information content (AvgIpc) is 2.89. The fourth-order valence-corrected chi connectivity index (χ4v) is 1.84. The van der Waals surface area contributed by atoms with Crippen LogP contribution in [0, 0.1) is 0 Å². The third kappa shape index (κ3) is 3.23. The summed E-state index contributed by atoms with van der Waals surface area (Å²) >= 11 is 0.